The van der Waals surface area contributed by atoms with Crippen molar-refractivity contribution in [3.63, 3.8) is 0 Å². The van der Waals surface area contributed by atoms with Gasteiger partial charge in [0.15, 0.2) is 5.13 Å². The molecule has 5 atom stereocenters. The Balaban J connectivity index is 1.42. The van der Waals surface area contributed by atoms with E-state index in [4.69, 9.17) is 9.72 Å². The molecule has 2 fully saturated rings. The number of benzene rings is 1. The predicted molar refractivity (Wildman–Crippen MR) is 156 cm³/mol. The van der Waals surface area contributed by atoms with Crippen molar-refractivity contribution in [2.75, 3.05) is 32.1 Å². The number of nitrogens with one attached hydrogen (secondary N) is 1. The smallest absolute Gasteiger partial charge is 0.230 e. The van der Waals surface area contributed by atoms with E-state index in [-0.39, 0.29) is 42.1 Å². The fraction of sp³-hybridized carbons (Fsp3) is 0.645. The molecule has 0 spiro atoms. The summed E-state index contributed by atoms with van der Waals surface area (Å²) in [6.07, 6.45) is 4.04. The summed E-state index contributed by atoms with van der Waals surface area (Å²) < 4.78 is 5.21. The van der Waals surface area contributed by atoms with Crippen molar-refractivity contribution in [2.45, 2.75) is 77.7 Å². The van der Waals surface area contributed by atoms with Crippen LogP contribution in [0.3, 0.4) is 0 Å². The lowest BCUT2D eigenvalue weighted by Crippen LogP contribution is -2.57. The molecular formula is C31H43N3O5S. The zero-order valence-corrected chi connectivity index (χ0v) is 24.9. The van der Waals surface area contributed by atoms with Crippen LogP contribution in [0.1, 0.15) is 74.9 Å². The number of hydrogen-bond acceptors (Lipinski definition) is 7. The van der Waals surface area contributed by atoms with Gasteiger partial charge in [0.1, 0.15) is 5.75 Å². The van der Waals surface area contributed by atoms with Crippen LogP contribution in [0.15, 0.2) is 24.3 Å². The molecule has 9 heteroatoms. The van der Waals surface area contributed by atoms with Crippen molar-refractivity contribution in [1.29, 1.82) is 0 Å². The van der Waals surface area contributed by atoms with Crippen LogP contribution in [-0.2, 0) is 22.4 Å². The zero-order chi connectivity index (χ0) is 28.7. The topological polar surface area (TPSA) is 112 Å². The number of thiazole rings is 1. The van der Waals surface area contributed by atoms with Crippen molar-refractivity contribution < 1.29 is 24.5 Å². The quantitative estimate of drug-likeness (QED) is 0.456. The van der Waals surface area contributed by atoms with Gasteiger partial charge in [0.25, 0.3) is 0 Å². The second kappa shape index (κ2) is 11.4. The summed E-state index contributed by atoms with van der Waals surface area (Å²) in [5.41, 5.74) is 0.805. The summed E-state index contributed by atoms with van der Waals surface area (Å²) in [7, 11) is 1.61. The zero-order valence-electron chi connectivity index (χ0n) is 24.1. The number of carbonyl (C=O) groups is 2. The van der Waals surface area contributed by atoms with Crippen LogP contribution in [0, 0.1) is 22.7 Å². The third kappa shape index (κ3) is 5.40. The van der Waals surface area contributed by atoms with Gasteiger partial charge in [-0.05, 0) is 67.1 Å². The fourth-order valence-electron chi connectivity index (χ4n) is 7.35. The first-order valence-electron chi connectivity index (χ1n) is 14.6. The van der Waals surface area contributed by atoms with E-state index in [9.17, 15) is 19.8 Å². The number of hydrogen-bond donors (Lipinski definition) is 3. The Morgan fingerprint density at radius 1 is 1.18 bits per heavy atom. The van der Waals surface area contributed by atoms with Crippen LogP contribution >= 0.6 is 11.3 Å². The van der Waals surface area contributed by atoms with E-state index in [0.717, 1.165) is 54.2 Å². The molecule has 0 radical (unpaired) electrons. The molecule has 1 saturated carbocycles. The minimum absolute atomic E-state index is 0.0104. The number of ether oxygens (including phenoxy) is 1. The first kappa shape index (κ1) is 29.0. The van der Waals surface area contributed by atoms with E-state index in [1.54, 1.807) is 7.11 Å². The van der Waals surface area contributed by atoms with Crippen molar-refractivity contribution in [2.24, 2.45) is 22.7 Å². The molecule has 2 heterocycles. The van der Waals surface area contributed by atoms with E-state index in [0.29, 0.717) is 30.3 Å². The third-order valence-corrected chi connectivity index (χ3v) is 11.2. The van der Waals surface area contributed by atoms with Gasteiger partial charge in [-0.2, -0.15) is 0 Å². The number of piperidine rings is 1. The van der Waals surface area contributed by atoms with Crippen LogP contribution in [0.25, 0.3) is 0 Å². The fourth-order valence-corrected chi connectivity index (χ4v) is 8.44. The van der Waals surface area contributed by atoms with Crippen molar-refractivity contribution in [1.82, 2.24) is 9.88 Å². The normalized spacial score (nSPS) is 30.4. The van der Waals surface area contributed by atoms with Gasteiger partial charge in [0.05, 0.1) is 31.9 Å². The number of methoxy groups -OCH3 is 1. The summed E-state index contributed by atoms with van der Waals surface area (Å²) in [5.74, 6) is 1.23. The Bertz CT molecular complexity index is 1220. The number of aliphatic hydroxyl groups is 2. The highest BCUT2D eigenvalue weighted by atomic mass is 32.1. The monoisotopic (exact) mass is 569 g/mol. The number of rotatable bonds is 7. The molecule has 5 rings (SSSR count). The lowest BCUT2D eigenvalue weighted by atomic mass is 9.47. The number of carbonyl (C=O) groups excluding carboxylic acids is 2. The highest BCUT2D eigenvalue weighted by Gasteiger charge is 2.59. The highest BCUT2D eigenvalue weighted by molar-refractivity contribution is 7.15. The van der Waals surface area contributed by atoms with Crippen LogP contribution < -0.4 is 10.1 Å². The lowest BCUT2D eigenvalue weighted by molar-refractivity contribution is -0.147. The molecule has 3 N–H and O–H groups in total. The van der Waals surface area contributed by atoms with Gasteiger partial charge in [0.2, 0.25) is 11.8 Å². The maximum Gasteiger partial charge on any atom is 0.230 e. The number of aromatic nitrogens is 1. The van der Waals surface area contributed by atoms with Crippen LogP contribution in [0.5, 0.6) is 5.75 Å². The Hall–Kier alpha value is -2.49. The molecule has 2 aliphatic carbocycles. The van der Waals surface area contributed by atoms with E-state index in [1.165, 1.54) is 11.3 Å². The number of fused-ring (bicyclic) bond motifs is 2. The Kier molecular flexibility index (Phi) is 8.28. The molecule has 5 unspecified atom stereocenters. The van der Waals surface area contributed by atoms with Crippen molar-refractivity contribution >= 4 is 28.3 Å². The molecule has 1 saturated heterocycles. The summed E-state index contributed by atoms with van der Waals surface area (Å²) in [5, 5.41) is 25.1. The molecule has 1 aliphatic heterocycles. The molecule has 2 amide bonds. The van der Waals surface area contributed by atoms with Crippen LogP contribution in [0.2, 0.25) is 0 Å². The van der Waals surface area contributed by atoms with Crippen LogP contribution in [-0.4, -0.2) is 64.8 Å². The highest BCUT2D eigenvalue weighted by Crippen LogP contribution is 2.63. The van der Waals surface area contributed by atoms with Gasteiger partial charge in [0, 0.05) is 35.7 Å². The molecule has 1 aromatic carbocycles. The van der Waals surface area contributed by atoms with E-state index in [1.807, 2.05) is 36.1 Å². The maximum atomic E-state index is 13.7. The molecule has 3 aliphatic rings. The Morgan fingerprint density at radius 3 is 2.52 bits per heavy atom. The summed E-state index contributed by atoms with van der Waals surface area (Å²) in [4.78, 5) is 34.6. The van der Waals surface area contributed by atoms with Crippen molar-refractivity contribution in [3.8, 4) is 5.75 Å². The SMILES string of the molecule is COc1ccc(CC(=O)Nc2nc3c(s2)CC2C(C)(CO)C(O)CCC2(C)C3CC(=O)N2CCC(C)CC2)cc1. The van der Waals surface area contributed by atoms with Gasteiger partial charge >= 0.3 is 0 Å². The first-order valence-corrected chi connectivity index (χ1v) is 15.4. The van der Waals surface area contributed by atoms with Gasteiger partial charge < -0.3 is 25.2 Å². The summed E-state index contributed by atoms with van der Waals surface area (Å²) in [6.45, 7) is 7.90. The average Bonchev–Trinajstić information content (AvgIpc) is 3.34. The molecule has 1 aromatic heterocycles. The Labute approximate surface area is 241 Å². The summed E-state index contributed by atoms with van der Waals surface area (Å²) in [6, 6.07) is 7.43. The maximum absolute atomic E-state index is 13.7. The first-order chi connectivity index (χ1) is 19.1. The van der Waals surface area contributed by atoms with Gasteiger partial charge in [-0.3, -0.25) is 9.59 Å². The molecule has 2 aromatic rings. The van der Waals surface area contributed by atoms with Crippen LogP contribution in [0.4, 0.5) is 5.13 Å². The van der Waals surface area contributed by atoms with E-state index in [2.05, 4.69) is 19.2 Å². The molecule has 8 nitrogen and oxygen atoms in total. The number of amides is 2. The molecule has 40 heavy (non-hydrogen) atoms. The molecule has 218 valence electrons. The molecular weight excluding hydrogens is 526 g/mol. The number of aliphatic hydroxyl groups excluding tert-OH is 2. The minimum Gasteiger partial charge on any atom is -0.497 e. The van der Waals surface area contributed by atoms with Gasteiger partial charge in [-0.1, -0.05) is 32.9 Å². The number of likely N-dealkylation sites (tertiary alicyclic amines) is 1. The van der Waals surface area contributed by atoms with E-state index < -0.39 is 11.5 Å². The third-order valence-electron chi connectivity index (χ3n) is 10.2. The van der Waals surface area contributed by atoms with E-state index >= 15 is 0 Å². The Morgan fingerprint density at radius 2 is 1.88 bits per heavy atom. The summed E-state index contributed by atoms with van der Waals surface area (Å²) >= 11 is 1.46. The number of nitrogens with zero attached hydrogens (tertiary/aromatic N) is 2. The van der Waals surface area contributed by atoms with Gasteiger partial charge in [-0.25, -0.2) is 4.98 Å². The lowest BCUT2D eigenvalue weighted by Gasteiger charge is -2.58. The van der Waals surface area contributed by atoms with Crippen molar-refractivity contribution in [3.05, 3.63) is 40.4 Å². The second-order valence-corrected chi connectivity index (χ2v) is 13.8. The molecule has 0 bridgehead atoms. The number of anilines is 1. The largest absolute Gasteiger partial charge is 0.497 e. The second-order valence-electron chi connectivity index (χ2n) is 12.7. The standard InChI is InChI=1S/C31H43N3O5S/c1-19-10-13-34(14-11-19)27(38)16-22-28-23(17-24-30(22,2)12-9-25(36)31(24,3)18-35)40-29(33-28)32-26(37)15-20-5-7-21(39-4)8-6-20/h5-8,19,22,24-25,35-36H,9-18H2,1-4H3,(H,32,33,37). The van der Waals surface area contributed by atoms with Gasteiger partial charge in [-0.15, -0.1) is 11.3 Å². The average molecular weight is 570 g/mol. The predicted octanol–water partition coefficient (Wildman–Crippen LogP) is 4.40. The minimum atomic E-state index is -0.672.